The molecule has 0 saturated carbocycles. The zero-order chi connectivity index (χ0) is 23.1. The Balaban J connectivity index is 1.63. The molecular weight excluding hydrogens is 440 g/mol. The lowest BCUT2D eigenvalue weighted by Gasteiger charge is -2.11. The average molecular weight is 451 g/mol. The molecule has 0 atom stereocenters. The highest BCUT2D eigenvalue weighted by molar-refractivity contribution is 6.11. The number of rotatable bonds is 3. The number of hydrogen-bond acceptors (Lipinski definition) is 4. The number of alkyl halides is 6. The van der Waals surface area contributed by atoms with E-state index in [4.69, 9.17) is 0 Å². The number of nitrogens with one attached hydrogen (secondary N) is 1. The Morgan fingerprint density at radius 1 is 0.906 bits per heavy atom. The summed E-state index contributed by atoms with van der Waals surface area (Å²) < 4.78 is 78.4. The number of hydrogen-bond donors (Lipinski definition) is 1. The summed E-state index contributed by atoms with van der Waals surface area (Å²) in [6.07, 6.45) is -8.83. The van der Waals surface area contributed by atoms with Crippen molar-refractivity contribution in [3.05, 3.63) is 77.7 Å². The van der Waals surface area contributed by atoms with Gasteiger partial charge in [-0.3, -0.25) is 4.79 Å². The molecule has 1 N–H and O–H groups in total. The Morgan fingerprint density at radius 2 is 1.59 bits per heavy atom. The van der Waals surface area contributed by atoms with Crippen molar-refractivity contribution in [1.82, 2.24) is 20.0 Å². The van der Waals surface area contributed by atoms with Crippen molar-refractivity contribution in [2.24, 2.45) is 0 Å². The van der Waals surface area contributed by atoms with Crippen LogP contribution >= 0.6 is 0 Å². The predicted octanol–water partition coefficient (Wildman–Crippen LogP) is 5.11. The summed E-state index contributed by atoms with van der Waals surface area (Å²) in [5.41, 5.74) is -2.58. The molecule has 2 heterocycles. The first-order valence-electron chi connectivity index (χ1n) is 8.91. The van der Waals surface area contributed by atoms with Crippen molar-refractivity contribution in [1.29, 1.82) is 0 Å². The Bertz CT molecular complexity index is 1290. The quantitative estimate of drug-likeness (QED) is 0.440. The standard InChI is InChI=1S/C20H11F6N5O/c21-19(22,23)16-9-17(20(24,25)26)31(30-16)12-7-5-11(6-8-12)28-18(32)14-10-27-29-15-4-2-1-3-13(14)15/h1-10H,(H,28,32). The second-order valence-corrected chi connectivity index (χ2v) is 6.60. The summed E-state index contributed by atoms with van der Waals surface area (Å²) in [7, 11) is 0. The number of carbonyl (C=O) groups excluding carboxylic acids is 1. The summed E-state index contributed by atoms with van der Waals surface area (Å²) >= 11 is 0. The van der Waals surface area contributed by atoms with Gasteiger partial charge in [0.2, 0.25) is 0 Å². The van der Waals surface area contributed by atoms with E-state index in [9.17, 15) is 31.1 Å². The molecule has 0 bridgehead atoms. The van der Waals surface area contributed by atoms with Crippen molar-refractivity contribution in [3.8, 4) is 5.69 Å². The number of nitrogens with zero attached hydrogens (tertiary/aromatic N) is 4. The van der Waals surface area contributed by atoms with Crippen LogP contribution in [0.2, 0.25) is 0 Å². The normalized spacial score (nSPS) is 12.2. The number of halogens is 6. The van der Waals surface area contributed by atoms with Gasteiger partial charge >= 0.3 is 12.4 Å². The van der Waals surface area contributed by atoms with Gasteiger partial charge in [-0.2, -0.15) is 41.6 Å². The minimum Gasteiger partial charge on any atom is -0.322 e. The fraction of sp³-hybridized carbons (Fsp3) is 0.100. The van der Waals surface area contributed by atoms with Gasteiger partial charge in [0, 0.05) is 17.1 Å². The maximum Gasteiger partial charge on any atom is 0.435 e. The van der Waals surface area contributed by atoms with E-state index in [2.05, 4.69) is 20.6 Å². The number of aromatic nitrogens is 4. The van der Waals surface area contributed by atoms with Crippen molar-refractivity contribution in [2.75, 3.05) is 5.32 Å². The summed E-state index contributed by atoms with van der Waals surface area (Å²) in [6.45, 7) is 0. The SMILES string of the molecule is O=C(Nc1ccc(-n2nc(C(F)(F)F)cc2C(F)(F)F)cc1)c1cnnc2ccccc12. The molecule has 0 radical (unpaired) electrons. The highest BCUT2D eigenvalue weighted by atomic mass is 19.4. The fourth-order valence-electron chi connectivity index (χ4n) is 2.99. The van der Waals surface area contributed by atoms with Gasteiger partial charge in [0.25, 0.3) is 5.91 Å². The van der Waals surface area contributed by atoms with Crippen molar-refractivity contribution in [2.45, 2.75) is 12.4 Å². The largest absolute Gasteiger partial charge is 0.435 e. The van der Waals surface area contributed by atoms with Crippen LogP contribution in [0.3, 0.4) is 0 Å². The molecule has 6 nitrogen and oxygen atoms in total. The van der Waals surface area contributed by atoms with E-state index >= 15 is 0 Å². The molecule has 2 aromatic carbocycles. The van der Waals surface area contributed by atoms with E-state index in [-0.39, 0.29) is 27.7 Å². The number of anilines is 1. The van der Waals surface area contributed by atoms with Crippen molar-refractivity contribution < 1.29 is 31.1 Å². The minimum atomic E-state index is -5.06. The fourth-order valence-corrected chi connectivity index (χ4v) is 2.99. The van der Waals surface area contributed by atoms with Crippen LogP contribution in [0.15, 0.2) is 60.8 Å². The third kappa shape index (κ3) is 4.11. The molecule has 4 rings (SSSR count). The van der Waals surface area contributed by atoms with Crippen LogP contribution in [-0.4, -0.2) is 25.9 Å². The highest BCUT2D eigenvalue weighted by Crippen LogP contribution is 2.36. The van der Waals surface area contributed by atoms with Gasteiger partial charge < -0.3 is 5.32 Å². The number of benzene rings is 2. The first kappa shape index (κ1) is 21.3. The van der Waals surface area contributed by atoms with Crippen LogP contribution in [0.4, 0.5) is 32.0 Å². The summed E-state index contributed by atoms with van der Waals surface area (Å²) in [6, 6.07) is 11.5. The van der Waals surface area contributed by atoms with Gasteiger partial charge in [0.1, 0.15) is 5.69 Å². The third-order valence-corrected chi connectivity index (χ3v) is 4.45. The van der Waals surface area contributed by atoms with Crippen LogP contribution in [0.25, 0.3) is 16.6 Å². The molecule has 0 aliphatic carbocycles. The molecule has 0 unspecified atom stereocenters. The molecule has 0 aliphatic heterocycles. The number of fused-ring (bicyclic) bond motifs is 1. The van der Waals surface area contributed by atoms with Crippen molar-refractivity contribution in [3.63, 3.8) is 0 Å². The number of carbonyl (C=O) groups is 1. The lowest BCUT2D eigenvalue weighted by Crippen LogP contribution is -2.14. The van der Waals surface area contributed by atoms with Crippen LogP contribution < -0.4 is 5.32 Å². The van der Waals surface area contributed by atoms with Gasteiger partial charge in [-0.1, -0.05) is 18.2 Å². The molecule has 0 saturated heterocycles. The highest BCUT2D eigenvalue weighted by Gasteiger charge is 2.42. The molecule has 0 spiro atoms. The Hall–Kier alpha value is -3.96. The molecule has 12 heteroatoms. The summed E-state index contributed by atoms with van der Waals surface area (Å²) in [5, 5.41) is 13.8. The summed E-state index contributed by atoms with van der Waals surface area (Å²) in [5.74, 6) is -0.543. The lowest BCUT2D eigenvalue weighted by molar-refractivity contribution is -0.143. The molecule has 0 fully saturated rings. The van der Waals surface area contributed by atoms with E-state index in [1.54, 1.807) is 24.3 Å². The predicted molar refractivity (Wildman–Crippen MR) is 101 cm³/mol. The topological polar surface area (TPSA) is 72.7 Å². The van der Waals surface area contributed by atoms with Gasteiger partial charge in [0.05, 0.1) is 23.0 Å². The average Bonchev–Trinajstić information content (AvgIpc) is 3.20. The van der Waals surface area contributed by atoms with Gasteiger partial charge in [-0.25, -0.2) is 4.68 Å². The molecule has 2 aromatic heterocycles. The zero-order valence-electron chi connectivity index (χ0n) is 15.7. The maximum absolute atomic E-state index is 13.2. The van der Waals surface area contributed by atoms with Crippen molar-refractivity contribution >= 4 is 22.5 Å². The number of amides is 1. The molecule has 4 aromatic rings. The first-order chi connectivity index (χ1) is 15.0. The van der Waals surface area contributed by atoms with E-state index in [1.165, 1.54) is 18.3 Å². The zero-order valence-corrected chi connectivity index (χ0v) is 15.7. The molecule has 164 valence electrons. The van der Waals surface area contributed by atoms with E-state index in [0.29, 0.717) is 10.9 Å². The molecular formula is C20H11F6N5O. The van der Waals surface area contributed by atoms with Crippen LogP contribution in [0.1, 0.15) is 21.7 Å². The van der Waals surface area contributed by atoms with Crippen LogP contribution in [0, 0.1) is 0 Å². The van der Waals surface area contributed by atoms with Crippen LogP contribution in [0.5, 0.6) is 0 Å². The van der Waals surface area contributed by atoms with Gasteiger partial charge in [-0.05, 0) is 30.3 Å². The monoisotopic (exact) mass is 451 g/mol. The van der Waals surface area contributed by atoms with Gasteiger partial charge in [0.15, 0.2) is 5.69 Å². The summed E-state index contributed by atoms with van der Waals surface area (Å²) in [4.78, 5) is 12.6. The second kappa shape index (κ2) is 7.62. The maximum atomic E-state index is 13.2. The minimum absolute atomic E-state index is 0.0583. The Kier molecular flexibility index (Phi) is 5.07. The second-order valence-electron chi connectivity index (χ2n) is 6.60. The first-order valence-corrected chi connectivity index (χ1v) is 8.91. The molecule has 32 heavy (non-hydrogen) atoms. The molecule has 0 aliphatic rings. The van der Waals surface area contributed by atoms with E-state index in [0.717, 1.165) is 12.1 Å². The smallest absolute Gasteiger partial charge is 0.322 e. The molecule has 1 amide bonds. The Labute approximate surface area is 175 Å². The Morgan fingerprint density at radius 3 is 2.25 bits per heavy atom. The third-order valence-electron chi connectivity index (χ3n) is 4.45. The van der Waals surface area contributed by atoms with E-state index < -0.39 is 29.6 Å². The van der Waals surface area contributed by atoms with E-state index in [1.807, 2.05) is 0 Å². The van der Waals surface area contributed by atoms with Crippen LogP contribution in [-0.2, 0) is 12.4 Å². The lowest BCUT2D eigenvalue weighted by atomic mass is 10.1. The van der Waals surface area contributed by atoms with Gasteiger partial charge in [-0.15, -0.1) is 0 Å².